The van der Waals surface area contributed by atoms with Crippen LogP contribution in [0.3, 0.4) is 0 Å². The summed E-state index contributed by atoms with van der Waals surface area (Å²) in [6, 6.07) is 9.97. The first-order valence-electron chi connectivity index (χ1n) is 5.57. The average Bonchev–Trinajstić information content (AvgIpc) is 2.33. The highest BCUT2D eigenvalue weighted by Crippen LogP contribution is 2.35. The van der Waals surface area contributed by atoms with Gasteiger partial charge in [-0.2, -0.15) is 13.2 Å². The van der Waals surface area contributed by atoms with Crippen molar-refractivity contribution in [2.24, 2.45) is 0 Å². The molecule has 0 bridgehead atoms. The van der Waals surface area contributed by atoms with Gasteiger partial charge in [0.2, 0.25) is 0 Å². The van der Waals surface area contributed by atoms with Crippen molar-refractivity contribution in [1.82, 2.24) is 0 Å². The van der Waals surface area contributed by atoms with E-state index in [0.717, 1.165) is 17.7 Å². The van der Waals surface area contributed by atoms with Crippen molar-refractivity contribution in [2.75, 3.05) is 5.73 Å². The Balaban J connectivity index is 2.31. The van der Waals surface area contributed by atoms with Crippen LogP contribution in [0.1, 0.15) is 11.1 Å². The van der Waals surface area contributed by atoms with E-state index in [1.807, 2.05) is 6.92 Å². The van der Waals surface area contributed by atoms with E-state index in [-0.39, 0.29) is 11.4 Å². The summed E-state index contributed by atoms with van der Waals surface area (Å²) in [5.41, 5.74) is 6.02. The molecule has 0 saturated heterocycles. The third kappa shape index (κ3) is 3.19. The number of ether oxygens (including phenoxy) is 1. The first-order chi connectivity index (χ1) is 8.86. The van der Waals surface area contributed by atoms with Crippen LogP contribution in [0.15, 0.2) is 42.5 Å². The number of anilines is 1. The molecule has 2 aromatic carbocycles. The Morgan fingerprint density at radius 1 is 1.00 bits per heavy atom. The standard InChI is InChI=1S/C14H12F3NO/c1-9-2-5-11(6-3-9)19-13-8-10(14(15,16)17)4-7-12(13)18/h2-8H,18H2,1H3. The topological polar surface area (TPSA) is 35.2 Å². The third-order valence-corrected chi connectivity index (χ3v) is 2.59. The van der Waals surface area contributed by atoms with Gasteiger partial charge in [0.1, 0.15) is 5.75 Å². The number of halogens is 3. The Hall–Kier alpha value is -2.17. The fourth-order valence-electron chi connectivity index (χ4n) is 1.53. The molecule has 19 heavy (non-hydrogen) atoms. The quantitative estimate of drug-likeness (QED) is 0.819. The van der Waals surface area contributed by atoms with Crippen molar-refractivity contribution < 1.29 is 17.9 Å². The van der Waals surface area contributed by atoms with Crippen LogP contribution in [-0.4, -0.2) is 0 Å². The molecule has 0 spiro atoms. The number of nitrogen functional groups attached to an aromatic ring is 1. The molecule has 0 aliphatic heterocycles. The van der Waals surface area contributed by atoms with Crippen LogP contribution >= 0.6 is 0 Å². The lowest BCUT2D eigenvalue weighted by Gasteiger charge is -2.12. The zero-order valence-electron chi connectivity index (χ0n) is 10.2. The summed E-state index contributed by atoms with van der Waals surface area (Å²) in [4.78, 5) is 0. The number of rotatable bonds is 2. The molecule has 0 atom stereocenters. The molecule has 5 heteroatoms. The molecule has 0 radical (unpaired) electrons. The molecule has 2 rings (SSSR count). The highest BCUT2D eigenvalue weighted by molar-refractivity contribution is 5.55. The minimum atomic E-state index is -4.42. The van der Waals surface area contributed by atoms with Gasteiger partial charge in [0.05, 0.1) is 11.3 Å². The minimum absolute atomic E-state index is 0.00122. The van der Waals surface area contributed by atoms with Crippen LogP contribution in [0.2, 0.25) is 0 Å². The molecule has 0 aliphatic carbocycles. The summed E-state index contributed by atoms with van der Waals surface area (Å²) >= 11 is 0. The molecule has 0 fully saturated rings. The van der Waals surface area contributed by atoms with Crippen molar-refractivity contribution >= 4 is 5.69 Å². The maximum absolute atomic E-state index is 12.6. The number of alkyl halides is 3. The zero-order valence-corrected chi connectivity index (χ0v) is 10.2. The van der Waals surface area contributed by atoms with Gasteiger partial charge >= 0.3 is 6.18 Å². The van der Waals surface area contributed by atoms with Gasteiger partial charge in [-0.3, -0.25) is 0 Å². The van der Waals surface area contributed by atoms with E-state index < -0.39 is 11.7 Å². The summed E-state index contributed by atoms with van der Waals surface area (Å²) in [5.74, 6) is 0.440. The summed E-state index contributed by atoms with van der Waals surface area (Å²) in [7, 11) is 0. The molecule has 2 aromatic rings. The van der Waals surface area contributed by atoms with E-state index in [2.05, 4.69) is 0 Å². The largest absolute Gasteiger partial charge is 0.455 e. The molecular formula is C14H12F3NO. The zero-order chi connectivity index (χ0) is 14.0. The van der Waals surface area contributed by atoms with Crippen molar-refractivity contribution in [3.05, 3.63) is 53.6 Å². The van der Waals surface area contributed by atoms with Crippen molar-refractivity contribution in [1.29, 1.82) is 0 Å². The van der Waals surface area contributed by atoms with Gasteiger partial charge in [-0.1, -0.05) is 17.7 Å². The predicted octanol–water partition coefficient (Wildman–Crippen LogP) is 4.39. The SMILES string of the molecule is Cc1ccc(Oc2cc(C(F)(F)F)ccc2N)cc1. The Labute approximate surface area is 108 Å². The van der Waals surface area contributed by atoms with Gasteiger partial charge < -0.3 is 10.5 Å². The number of nitrogens with two attached hydrogens (primary N) is 1. The van der Waals surface area contributed by atoms with E-state index in [4.69, 9.17) is 10.5 Å². The van der Waals surface area contributed by atoms with Gasteiger partial charge in [-0.25, -0.2) is 0 Å². The molecule has 0 aliphatic rings. The summed E-state index contributed by atoms with van der Waals surface area (Å²) in [6.45, 7) is 1.91. The molecular weight excluding hydrogens is 255 g/mol. The van der Waals surface area contributed by atoms with Crippen LogP contribution in [0, 0.1) is 6.92 Å². The molecule has 2 N–H and O–H groups in total. The second-order valence-corrected chi connectivity index (χ2v) is 4.17. The van der Waals surface area contributed by atoms with E-state index in [1.165, 1.54) is 6.07 Å². The Morgan fingerprint density at radius 3 is 2.21 bits per heavy atom. The maximum Gasteiger partial charge on any atom is 0.416 e. The van der Waals surface area contributed by atoms with Gasteiger partial charge in [0.15, 0.2) is 5.75 Å². The van der Waals surface area contributed by atoms with E-state index in [1.54, 1.807) is 24.3 Å². The molecule has 0 amide bonds. The highest BCUT2D eigenvalue weighted by atomic mass is 19.4. The lowest BCUT2D eigenvalue weighted by Crippen LogP contribution is -2.05. The second kappa shape index (κ2) is 4.84. The number of aryl methyl sites for hydroxylation is 1. The first-order valence-corrected chi connectivity index (χ1v) is 5.57. The first kappa shape index (κ1) is 13.3. The fraction of sp³-hybridized carbons (Fsp3) is 0.143. The summed E-state index contributed by atoms with van der Waals surface area (Å²) in [5, 5.41) is 0. The van der Waals surface area contributed by atoms with Gasteiger partial charge in [0, 0.05) is 0 Å². The summed E-state index contributed by atoms with van der Waals surface area (Å²) in [6.07, 6.45) is -4.42. The fourth-order valence-corrected chi connectivity index (χ4v) is 1.53. The van der Waals surface area contributed by atoms with Crippen LogP contribution < -0.4 is 10.5 Å². The predicted molar refractivity (Wildman–Crippen MR) is 67.1 cm³/mol. The molecule has 100 valence electrons. The van der Waals surface area contributed by atoms with E-state index in [0.29, 0.717) is 5.75 Å². The summed E-state index contributed by atoms with van der Waals surface area (Å²) < 4.78 is 43.2. The molecule has 0 aromatic heterocycles. The Kier molecular flexibility index (Phi) is 3.38. The van der Waals surface area contributed by atoms with Gasteiger partial charge in [-0.15, -0.1) is 0 Å². The number of hydrogen-bond acceptors (Lipinski definition) is 2. The van der Waals surface area contributed by atoms with Gasteiger partial charge in [-0.05, 0) is 37.3 Å². The molecule has 0 unspecified atom stereocenters. The third-order valence-electron chi connectivity index (χ3n) is 2.59. The van der Waals surface area contributed by atoms with E-state index in [9.17, 15) is 13.2 Å². The lowest BCUT2D eigenvalue weighted by molar-refractivity contribution is -0.137. The minimum Gasteiger partial charge on any atom is -0.455 e. The molecule has 0 heterocycles. The Morgan fingerprint density at radius 2 is 1.63 bits per heavy atom. The van der Waals surface area contributed by atoms with E-state index >= 15 is 0 Å². The average molecular weight is 267 g/mol. The molecule has 0 saturated carbocycles. The van der Waals surface area contributed by atoms with Crippen LogP contribution in [0.25, 0.3) is 0 Å². The Bertz CT molecular complexity index is 576. The van der Waals surface area contributed by atoms with Crippen molar-refractivity contribution in [2.45, 2.75) is 13.1 Å². The number of hydrogen-bond donors (Lipinski definition) is 1. The smallest absolute Gasteiger partial charge is 0.416 e. The number of benzene rings is 2. The maximum atomic E-state index is 12.6. The lowest BCUT2D eigenvalue weighted by atomic mass is 10.2. The van der Waals surface area contributed by atoms with Crippen molar-refractivity contribution in [3.63, 3.8) is 0 Å². The molecule has 2 nitrogen and oxygen atoms in total. The monoisotopic (exact) mass is 267 g/mol. The van der Waals surface area contributed by atoms with Crippen LogP contribution in [0.4, 0.5) is 18.9 Å². The van der Waals surface area contributed by atoms with Gasteiger partial charge in [0.25, 0.3) is 0 Å². The normalized spacial score (nSPS) is 11.4. The second-order valence-electron chi connectivity index (χ2n) is 4.17. The van der Waals surface area contributed by atoms with Crippen LogP contribution in [0.5, 0.6) is 11.5 Å². The van der Waals surface area contributed by atoms with Crippen LogP contribution in [-0.2, 0) is 6.18 Å². The highest BCUT2D eigenvalue weighted by Gasteiger charge is 2.31. The van der Waals surface area contributed by atoms with Crippen molar-refractivity contribution in [3.8, 4) is 11.5 Å².